The Bertz CT molecular complexity index is 1010. The van der Waals surface area contributed by atoms with E-state index in [4.69, 9.17) is 16.1 Å². The number of carbonyl (C=O) groups excluding carboxylic acids is 2. The first-order valence-electron chi connectivity index (χ1n) is 8.58. The Morgan fingerprint density at radius 3 is 2.59 bits per heavy atom. The Hall–Kier alpha value is -2.19. The molecular weight excluding hydrogens is 392 g/mol. The molecule has 9 heteroatoms. The van der Waals surface area contributed by atoms with Gasteiger partial charge >= 0.3 is 0 Å². The molecule has 1 N–H and O–H groups in total. The molecule has 1 fully saturated rings. The summed E-state index contributed by atoms with van der Waals surface area (Å²) in [6.07, 6.45) is 3.11. The van der Waals surface area contributed by atoms with Gasteiger partial charge in [-0.25, -0.2) is 8.42 Å². The van der Waals surface area contributed by atoms with Gasteiger partial charge in [0.15, 0.2) is 15.6 Å². The molecule has 27 heavy (non-hydrogen) atoms. The smallest absolute Gasteiger partial charge is 0.233 e. The molecule has 0 aliphatic heterocycles. The molecule has 3 rings (SSSR count). The second kappa shape index (κ2) is 7.44. The average Bonchev–Trinajstić information content (AvgIpc) is 3.36. The van der Waals surface area contributed by atoms with Crippen LogP contribution in [0.1, 0.15) is 52.7 Å². The molecule has 0 amide bonds. The largest absolute Gasteiger partial charge is 0.386 e. The number of carbonyl (C=O) groups is 2. The molecule has 144 valence electrons. The zero-order valence-corrected chi connectivity index (χ0v) is 16.5. The fraction of sp³-hybridized carbons (Fsp3) is 0.389. The fourth-order valence-electron chi connectivity index (χ4n) is 2.93. The second-order valence-corrected chi connectivity index (χ2v) is 8.86. The lowest BCUT2D eigenvalue weighted by atomic mass is 10.0. The number of Topliss-reactive ketones (excluding diaryl/α,β-unsaturated/α-hetero) is 1. The Morgan fingerprint density at radius 1 is 1.30 bits per heavy atom. The van der Waals surface area contributed by atoms with Crippen LogP contribution in [0.2, 0.25) is 5.02 Å². The number of anilines is 1. The molecule has 1 aliphatic rings. The summed E-state index contributed by atoms with van der Waals surface area (Å²) >= 11 is 6.14. The van der Waals surface area contributed by atoms with Gasteiger partial charge in [-0.1, -0.05) is 23.7 Å². The van der Waals surface area contributed by atoms with E-state index in [1.165, 1.54) is 25.4 Å². The van der Waals surface area contributed by atoms with Crippen LogP contribution >= 0.6 is 11.6 Å². The van der Waals surface area contributed by atoms with Crippen molar-refractivity contribution in [1.82, 2.24) is 5.16 Å². The minimum atomic E-state index is -3.79. The first kappa shape index (κ1) is 19.6. The molecule has 1 aromatic carbocycles. The number of ketones is 2. The van der Waals surface area contributed by atoms with E-state index < -0.39 is 15.6 Å². The molecule has 2 aromatic rings. The highest BCUT2D eigenvalue weighted by molar-refractivity contribution is 7.91. The maximum Gasteiger partial charge on any atom is 0.233 e. The molecule has 0 unspecified atom stereocenters. The summed E-state index contributed by atoms with van der Waals surface area (Å²) in [5.74, 6) is -1.44. The molecule has 0 spiro atoms. The summed E-state index contributed by atoms with van der Waals surface area (Å²) in [4.78, 5) is 25.3. The standard InChI is InChI=1S/C18H19ClN2O5S/c1-3-8-27(24,25)18-11(6-7-13(19)14(18)20-2)16(23)17-12(9-21-26-17)15(22)10-4-5-10/h6-7,9-10,20H,3-5,8H2,1-2H3. The highest BCUT2D eigenvalue weighted by atomic mass is 35.5. The third kappa shape index (κ3) is 3.64. The Labute approximate surface area is 162 Å². The number of sulfone groups is 1. The summed E-state index contributed by atoms with van der Waals surface area (Å²) in [5.41, 5.74) is 0.131. The van der Waals surface area contributed by atoms with Gasteiger partial charge in [-0.05, 0) is 31.4 Å². The number of hydrogen-bond acceptors (Lipinski definition) is 7. The van der Waals surface area contributed by atoms with E-state index in [-0.39, 0.29) is 49.9 Å². The van der Waals surface area contributed by atoms with Gasteiger partial charge in [-0.2, -0.15) is 0 Å². The normalized spacial score (nSPS) is 14.2. The molecule has 0 atom stereocenters. The first-order chi connectivity index (χ1) is 12.8. The molecule has 0 radical (unpaired) electrons. The van der Waals surface area contributed by atoms with Crippen LogP contribution in [-0.4, -0.2) is 37.9 Å². The van der Waals surface area contributed by atoms with Crippen LogP contribution < -0.4 is 5.32 Å². The molecule has 0 bridgehead atoms. The summed E-state index contributed by atoms with van der Waals surface area (Å²) < 4.78 is 30.7. The van der Waals surface area contributed by atoms with Gasteiger partial charge < -0.3 is 9.84 Å². The molecular formula is C18H19ClN2O5S. The van der Waals surface area contributed by atoms with Crippen molar-refractivity contribution in [3.8, 4) is 0 Å². The predicted molar refractivity (Wildman–Crippen MR) is 100 cm³/mol. The minimum Gasteiger partial charge on any atom is -0.386 e. The zero-order valence-electron chi connectivity index (χ0n) is 14.9. The monoisotopic (exact) mass is 410 g/mol. The van der Waals surface area contributed by atoms with Crippen molar-refractivity contribution < 1.29 is 22.5 Å². The SMILES string of the molecule is CCCS(=O)(=O)c1c(C(=O)c2oncc2C(=O)C2CC2)ccc(Cl)c1NC. The number of aromatic nitrogens is 1. The minimum absolute atomic E-state index is 0.0855. The Kier molecular flexibility index (Phi) is 5.39. The van der Waals surface area contributed by atoms with Gasteiger partial charge in [0.1, 0.15) is 4.90 Å². The van der Waals surface area contributed by atoms with Crippen LogP contribution in [0.15, 0.2) is 27.7 Å². The number of rotatable bonds is 8. The van der Waals surface area contributed by atoms with Crippen LogP contribution in [0.25, 0.3) is 0 Å². The average molecular weight is 411 g/mol. The number of nitrogens with one attached hydrogen (secondary N) is 1. The first-order valence-corrected chi connectivity index (χ1v) is 10.6. The molecule has 7 nitrogen and oxygen atoms in total. The van der Waals surface area contributed by atoms with E-state index in [2.05, 4.69) is 10.5 Å². The van der Waals surface area contributed by atoms with Gasteiger partial charge in [-0.15, -0.1) is 0 Å². The maximum absolute atomic E-state index is 13.1. The Balaban J connectivity index is 2.16. The lowest BCUT2D eigenvalue weighted by Gasteiger charge is -2.15. The highest BCUT2D eigenvalue weighted by Gasteiger charge is 2.36. The summed E-state index contributed by atoms with van der Waals surface area (Å²) in [7, 11) is -2.27. The topological polar surface area (TPSA) is 106 Å². The van der Waals surface area contributed by atoms with E-state index in [1.54, 1.807) is 6.92 Å². The predicted octanol–water partition coefficient (Wildman–Crippen LogP) is 3.38. The zero-order chi connectivity index (χ0) is 19.8. The lowest BCUT2D eigenvalue weighted by molar-refractivity contribution is 0.0943. The summed E-state index contributed by atoms with van der Waals surface area (Å²) in [5, 5.41) is 6.51. The van der Waals surface area contributed by atoms with Gasteiger partial charge in [0.2, 0.25) is 11.5 Å². The highest BCUT2D eigenvalue weighted by Crippen LogP contribution is 2.37. The van der Waals surface area contributed by atoms with Crippen molar-refractivity contribution in [2.24, 2.45) is 5.92 Å². The summed E-state index contributed by atoms with van der Waals surface area (Å²) in [6, 6.07) is 2.77. The van der Waals surface area contributed by atoms with Crippen molar-refractivity contribution in [2.45, 2.75) is 31.1 Å². The number of halogens is 1. The quantitative estimate of drug-likeness (QED) is 0.664. The second-order valence-electron chi connectivity index (χ2n) is 6.40. The van der Waals surface area contributed by atoms with Crippen LogP contribution in [0.5, 0.6) is 0 Å². The number of benzene rings is 1. The van der Waals surface area contributed by atoms with E-state index in [0.29, 0.717) is 6.42 Å². The lowest BCUT2D eigenvalue weighted by Crippen LogP contribution is -2.17. The number of hydrogen-bond donors (Lipinski definition) is 1. The molecule has 1 aliphatic carbocycles. The van der Waals surface area contributed by atoms with Crippen LogP contribution in [0.3, 0.4) is 0 Å². The van der Waals surface area contributed by atoms with Gasteiger partial charge in [0.05, 0.1) is 28.2 Å². The van der Waals surface area contributed by atoms with E-state index in [1.807, 2.05) is 0 Å². The van der Waals surface area contributed by atoms with Crippen molar-refractivity contribution in [3.63, 3.8) is 0 Å². The van der Waals surface area contributed by atoms with Crippen LogP contribution in [-0.2, 0) is 9.84 Å². The fourth-order valence-corrected chi connectivity index (χ4v) is 5.00. The van der Waals surface area contributed by atoms with Crippen LogP contribution in [0.4, 0.5) is 5.69 Å². The molecule has 1 heterocycles. The molecule has 1 aromatic heterocycles. The van der Waals surface area contributed by atoms with Crippen molar-refractivity contribution >= 4 is 38.7 Å². The number of nitrogens with zero attached hydrogens (tertiary/aromatic N) is 1. The van der Waals surface area contributed by atoms with Crippen molar-refractivity contribution in [2.75, 3.05) is 18.1 Å². The molecule has 0 saturated heterocycles. The van der Waals surface area contributed by atoms with Gasteiger partial charge in [-0.3, -0.25) is 9.59 Å². The van der Waals surface area contributed by atoms with E-state index >= 15 is 0 Å². The van der Waals surface area contributed by atoms with Gasteiger partial charge in [0, 0.05) is 18.5 Å². The van der Waals surface area contributed by atoms with E-state index in [0.717, 1.165) is 12.8 Å². The summed E-state index contributed by atoms with van der Waals surface area (Å²) in [6.45, 7) is 1.73. The van der Waals surface area contributed by atoms with Crippen LogP contribution in [0, 0.1) is 5.92 Å². The third-order valence-electron chi connectivity index (χ3n) is 4.38. The van der Waals surface area contributed by atoms with Crippen molar-refractivity contribution in [1.29, 1.82) is 0 Å². The van der Waals surface area contributed by atoms with Crippen molar-refractivity contribution in [3.05, 3.63) is 40.2 Å². The Morgan fingerprint density at radius 2 is 2.00 bits per heavy atom. The third-order valence-corrected chi connectivity index (χ3v) is 6.68. The maximum atomic E-state index is 13.1. The van der Waals surface area contributed by atoms with E-state index in [9.17, 15) is 18.0 Å². The molecule has 1 saturated carbocycles. The van der Waals surface area contributed by atoms with Gasteiger partial charge in [0.25, 0.3) is 0 Å².